The number of hydrogen-bond acceptors (Lipinski definition) is 6. The highest BCUT2D eigenvalue weighted by Crippen LogP contribution is 2.13. The van der Waals surface area contributed by atoms with Crippen LogP contribution in [-0.2, 0) is 28.6 Å². The minimum Gasteiger partial charge on any atom is -0.462 e. The van der Waals surface area contributed by atoms with Crippen molar-refractivity contribution in [3.8, 4) is 0 Å². The zero-order chi connectivity index (χ0) is 39.4. The van der Waals surface area contributed by atoms with Crippen LogP contribution in [0.4, 0.5) is 0 Å². The summed E-state index contributed by atoms with van der Waals surface area (Å²) in [6.07, 6.45) is 49.4. The standard InChI is InChI=1S/C48H84O6/c1-4-7-10-13-16-19-22-23-24-27-29-32-35-38-41-47(50)53-44-45(54-48(51)42-39-36-33-30-26-21-18-15-12-9-6-3)43-52-46(49)40-37-34-31-28-25-20-17-14-11-8-5-2/h13-18,22-23,45H,4-12,19-21,24-44H2,1-3H3/b16-13-,17-14-,18-15-,23-22-/t45-/m1/s1. The molecule has 0 aromatic heterocycles. The Hall–Kier alpha value is -2.63. The SMILES string of the molecule is CCCC/C=C\C/C=C\CCCCCCCC(=O)OC[C@@H](COC(=O)CCCCCCC/C=C\CCCC)OC(=O)CCCCCCC/C=C\CCCC. The lowest BCUT2D eigenvalue weighted by Gasteiger charge is -2.18. The van der Waals surface area contributed by atoms with Crippen LogP contribution in [0.1, 0.15) is 220 Å². The molecule has 0 aliphatic rings. The maximum absolute atomic E-state index is 12.7. The van der Waals surface area contributed by atoms with Gasteiger partial charge in [-0.3, -0.25) is 14.4 Å². The number of unbranched alkanes of at least 4 members (excludes halogenated alkanes) is 21. The summed E-state index contributed by atoms with van der Waals surface area (Å²) in [7, 11) is 0. The van der Waals surface area contributed by atoms with Crippen molar-refractivity contribution in [3.63, 3.8) is 0 Å². The third-order valence-electron chi connectivity index (χ3n) is 9.53. The second-order valence-corrected chi connectivity index (χ2v) is 14.9. The van der Waals surface area contributed by atoms with Crippen LogP contribution >= 0.6 is 0 Å². The van der Waals surface area contributed by atoms with Gasteiger partial charge in [-0.15, -0.1) is 0 Å². The fourth-order valence-corrected chi connectivity index (χ4v) is 6.01. The minimum atomic E-state index is -0.782. The van der Waals surface area contributed by atoms with E-state index in [1.807, 2.05) is 0 Å². The summed E-state index contributed by atoms with van der Waals surface area (Å²) in [5, 5.41) is 0. The van der Waals surface area contributed by atoms with Gasteiger partial charge in [-0.2, -0.15) is 0 Å². The van der Waals surface area contributed by atoms with Crippen molar-refractivity contribution >= 4 is 17.9 Å². The quantitative estimate of drug-likeness (QED) is 0.0268. The molecule has 312 valence electrons. The van der Waals surface area contributed by atoms with Gasteiger partial charge in [-0.25, -0.2) is 0 Å². The van der Waals surface area contributed by atoms with Crippen LogP contribution in [0.15, 0.2) is 48.6 Å². The van der Waals surface area contributed by atoms with E-state index in [0.29, 0.717) is 19.3 Å². The summed E-state index contributed by atoms with van der Waals surface area (Å²) in [6.45, 7) is 6.48. The normalized spacial score (nSPS) is 12.4. The first-order chi connectivity index (χ1) is 26.5. The van der Waals surface area contributed by atoms with Gasteiger partial charge in [0.15, 0.2) is 6.10 Å². The largest absolute Gasteiger partial charge is 0.462 e. The molecule has 6 nitrogen and oxygen atoms in total. The van der Waals surface area contributed by atoms with Crippen molar-refractivity contribution in [1.82, 2.24) is 0 Å². The van der Waals surface area contributed by atoms with Crippen molar-refractivity contribution in [2.75, 3.05) is 13.2 Å². The lowest BCUT2D eigenvalue weighted by molar-refractivity contribution is -0.167. The Labute approximate surface area is 333 Å². The fourth-order valence-electron chi connectivity index (χ4n) is 6.01. The van der Waals surface area contributed by atoms with E-state index < -0.39 is 6.10 Å². The van der Waals surface area contributed by atoms with Crippen LogP contribution in [0.25, 0.3) is 0 Å². The molecular formula is C48H84O6. The van der Waals surface area contributed by atoms with Crippen LogP contribution in [0.5, 0.6) is 0 Å². The molecule has 0 aromatic rings. The molecular weight excluding hydrogens is 673 g/mol. The van der Waals surface area contributed by atoms with Crippen molar-refractivity contribution < 1.29 is 28.6 Å². The monoisotopic (exact) mass is 757 g/mol. The molecule has 0 aliphatic carbocycles. The number of ether oxygens (including phenoxy) is 3. The third kappa shape index (κ3) is 40.6. The van der Waals surface area contributed by atoms with Gasteiger partial charge in [0.2, 0.25) is 0 Å². The van der Waals surface area contributed by atoms with Gasteiger partial charge >= 0.3 is 17.9 Å². The highest BCUT2D eigenvalue weighted by atomic mass is 16.6. The number of carbonyl (C=O) groups is 3. The molecule has 0 radical (unpaired) electrons. The summed E-state index contributed by atoms with van der Waals surface area (Å²) in [6, 6.07) is 0. The Balaban J connectivity index is 4.41. The Kier molecular flexibility index (Phi) is 41.0. The van der Waals surface area contributed by atoms with Crippen molar-refractivity contribution in [2.24, 2.45) is 0 Å². The number of hydrogen-bond donors (Lipinski definition) is 0. The third-order valence-corrected chi connectivity index (χ3v) is 9.53. The lowest BCUT2D eigenvalue weighted by atomic mass is 10.1. The van der Waals surface area contributed by atoms with Gasteiger partial charge in [-0.05, 0) is 83.5 Å². The number of allylic oxidation sites excluding steroid dienone is 8. The molecule has 0 saturated carbocycles. The first-order valence-electron chi connectivity index (χ1n) is 22.6. The number of carbonyl (C=O) groups excluding carboxylic acids is 3. The molecule has 1 atom stereocenters. The zero-order valence-electron chi connectivity index (χ0n) is 35.5. The Bertz CT molecular complexity index is 964. The maximum Gasteiger partial charge on any atom is 0.306 e. The summed E-state index contributed by atoms with van der Waals surface area (Å²) in [5.41, 5.74) is 0. The van der Waals surface area contributed by atoms with Gasteiger partial charge in [0.05, 0.1) is 0 Å². The molecule has 0 amide bonds. The second-order valence-electron chi connectivity index (χ2n) is 14.9. The maximum atomic E-state index is 12.7. The van der Waals surface area contributed by atoms with E-state index in [9.17, 15) is 14.4 Å². The van der Waals surface area contributed by atoms with Gasteiger partial charge in [0.1, 0.15) is 13.2 Å². The fraction of sp³-hybridized carbons (Fsp3) is 0.771. The molecule has 0 saturated heterocycles. The van der Waals surface area contributed by atoms with Crippen LogP contribution in [0.2, 0.25) is 0 Å². The topological polar surface area (TPSA) is 78.9 Å². The Morgan fingerprint density at radius 1 is 0.370 bits per heavy atom. The highest BCUT2D eigenvalue weighted by molar-refractivity contribution is 5.71. The average molecular weight is 757 g/mol. The average Bonchev–Trinajstić information content (AvgIpc) is 3.17. The molecule has 0 bridgehead atoms. The smallest absolute Gasteiger partial charge is 0.306 e. The van der Waals surface area contributed by atoms with E-state index in [0.717, 1.165) is 96.3 Å². The summed E-state index contributed by atoms with van der Waals surface area (Å²) >= 11 is 0. The molecule has 0 rings (SSSR count). The first-order valence-corrected chi connectivity index (χ1v) is 22.6. The van der Waals surface area contributed by atoms with Crippen LogP contribution in [0, 0.1) is 0 Å². The van der Waals surface area contributed by atoms with E-state index in [4.69, 9.17) is 14.2 Å². The highest BCUT2D eigenvalue weighted by Gasteiger charge is 2.19. The summed E-state index contributed by atoms with van der Waals surface area (Å²) in [5.74, 6) is -0.922. The first kappa shape index (κ1) is 51.4. The Morgan fingerprint density at radius 3 is 1.04 bits per heavy atom. The molecule has 0 fully saturated rings. The van der Waals surface area contributed by atoms with E-state index >= 15 is 0 Å². The molecule has 0 aliphatic heterocycles. The second kappa shape index (κ2) is 43.1. The van der Waals surface area contributed by atoms with E-state index in [1.165, 1.54) is 83.5 Å². The molecule has 0 aromatic carbocycles. The zero-order valence-corrected chi connectivity index (χ0v) is 35.5. The van der Waals surface area contributed by atoms with Crippen molar-refractivity contribution in [1.29, 1.82) is 0 Å². The number of rotatable bonds is 40. The molecule has 0 spiro atoms. The molecule has 6 heteroatoms. The van der Waals surface area contributed by atoms with Gasteiger partial charge < -0.3 is 14.2 Å². The van der Waals surface area contributed by atoms with E-state index in [2.05, 4.69) is 69.4 Å². The van der Waals surface area contributed by atoms with Gasteiger partial charge in [-0.1, -0.05) is 166 Å². The van der Waals surface area contributed by atoms with Crippen molar-refractivity contribution in [3.05, 3.63) is 48.6 Å². The van der Waals surface area contributed by atoms with Crippen LogP contribution in [0.3, 0.4) is 0 Å². The number of esters is 3. The predicted octanol–water partition coefficient (Wildman–Crippen LogP) is 14.4. The molecule has 0 heterocycles. The van der Waals surface area contributed by atoms with Crippen LogP contribution < -0.4 is 0 Å². The molecule has 0 unspecified atom stereocenters. The summed E-state index contributed by atoms with van der Waals surface area (Å²) < 4.78 is 16.7. The van der Waals surface area contributed by atoms with Crippen LogP contribution in [-0.4, -0.2) is 37.2 Å². The van der Waals surface area contributed by atoms with E-state index in [1.54, 1.807) is 0 Å². The summed E-state index contributed by atoms with van der Waals surface area (Å²) in [4.78, 5) is 37.7. The van der Waals surface area contributed by atoms with E-state index in [-0.39, 0.29) is 31.1 Å². The van der Waals surface area contributed by atoms with Crippen molar-refractivity contribution in [2.45, 2.75) is 226 Å². The Morgan fingerprint density at radius 2 is 0.667 bits per heavy atom. The van der Waals surface area contributed by atoms with Gasteiger partial charge in [0, 0.05) is 19.3 Å². The predicted molar refractivity (Wildman–Crippen MR) is 229 cm³/mol. The van der Waals surface area contributed by atoms with Gasteiger partial charge in [0.25, 0.3) is 0 Å². The lowest BCUT2D eigenvalue weighted by Crippen LogP contribution is -2.30. The molecule has 0 N–H and O–H groups in total. The molecule has 54 heavy (non-hydrogen) atoms. The minimum absolute atomic E-state index is 0.0857.